The molecule has 1 N–H and O–H groups in total. The van der Waals surface area contributed by atoms with Crippen LogP contribution in [0.15, 0.2) is 24.3 Å². The van der Waals surface area contributed by atoms with Crippen molar-refractivity contribution in [3.8, 4) is 0 Å². The quantitative estimate of drug-likeness (QED) is 0.443. The maximum Gasteiger partial charge on any atom is 0.340 e. The summed E-state index contributed by atoms with van der Waals surface area (Å²) in [7, 11) is 0. The molecule has 0 aliphatic carbocycles. The molecule has 126 valence electrons. The smallest absolute Gasteiger partial charge is 0.340 e. The summed E-state index contributed by atoms with van der Waals surface area (Å²) in [6.45, 7) is 5.60. The van der Waals surface area contributed by atoms with Crippen molar-refractivity contribution < 1.29 is 28.6 Å². The molecule has 0 spiro atoms. The lowest BCUT2D eigenvalue weighted by atomic mass is 10.2. The van der Waals surface area contributed by atoms with E-state index in [1.807, 2.05) is 0 Å². The third kappa shape index (κ3) is 5.61. The van der Waals surface area contributed by atoms with Crippen LogP contribution in [0.4, 0.5) is 5.69 Å². The second-order valence-corrected chi connectivity index (χ2v) is 4.38. The third-order valence-corrected chi connectivity index (χ3v) is 2.75. The molecule has 0 amide bonds. The number of hydrogen-bond donors (Lipinski definition) is 1. The van der Waals surface area contributed by atoms with Crippen molar-refractivity contribution in [2.24, 2.45) is 0 Å². The van der Waals surface area contributed by atoms with Gasteiger partial charge in [0.15, 0.2) is 0 Å². The Morgan fingerprint density at radius 2 is 1.35 bits per heavy atom. The summed E-state index contributed by atoms with van der Waals surface area (Å²) in [5, 5.41) is 2.75. The highest BCUT2D eigenvalue weighted by molar-refractivity contribution is 6.02. The SMILES string of the molecule is CCOC(=O)c1ccc(NC(C(=O)OCC)C(=O)OCC)cc1. The minimum absolute atomic E-state index is 0.151. The summed E-state index contributed by atoms with van der Waals surface area (Å²) in [5.41, 5.74) is 0.852. The zero-order valence-electron chi connectivity index (χ0n) is 13.5. The number of anilines is 1. The largest absolute Gasteiger partial charge is 0.464 e. The summed E-state index contributed by atoms with van der Waals surface area (Å²) >= 11 is 0. The summed E-state index contributed by atoms with van der Waals surface area (Å²) < 4.78 is 14.6. The summed E-state index contributed by atoms with van der Waals surface area (Å²) in [6.07, 6.45) is 0. The van der Waals surface area contributed by atoms with E-state index in [-0.39, 0.29) is 19.8 Å². The van der Waals surface area contributed by atoms with Crippen LogP contribution in [0.25, 0.3) is 0 Å². The van der Waals surface area contributed by atoms with Crippen molar-refractivity contribution in [1.29, 1.82) is 0 Å². The average molecular weight is 323 g/mol. The zero-order chi connectivity index (χ0) is 17.2. The Morgan fingerprint density at radius 1 is 0.870 bits per heavy atom. The molecule has 0 saturated carbocycles. The highest BCUT2D eigenvalue weighted by atomic mass is 16.6. The minimum atomic E-state index is -1.26. The van der Waals surface area contributed by atoms with E-state index in [0.717, 1.165) is 0 Å². The Morgan fingerprint density at radius 3 is 1.78 bits per heavy atom. The molecule has 1 rings (SSSR count). The molecule has 0 radical (unpaired) electrons. The van der Waals surface area contributed by atoms with Crippen LogP contribution in [-0.4, -0.2) is 43.8 Å². The second-order valence-electron chi connectivity index (χ2n) is 4.38. The first-order valence-corrected chi connectivity index (χ1v) is 7.40. The Balaban J connectivity index is 2.84. The first kappa shape index (κ1) is 18.5. The number of carbonyl (C=O) groups excluding carboxylic acids is 3. The van der Waals surface area contributed by atoms with E-state index < -0.39 is 23.9 Å². The van der Waals surface area contributed by atoms with Gasteiger partial charge < -0.3 is 19.5 Å². The summed E-state index contributed by atoms with van der Waals surface area (Å²) in [4.78, 5) is 35.3. The number of nitrogens with one attached hydrogen (secondary N) is 1. The minimum Gasteiger partial charge on any atom is -0.464 e. The van der Waals surface area contributed by atoms with E-state index in [0.29, 0.717) is 11.3 Å². The van der Waals surface area contributed by atoms with Crippen LogP contribution in [0.1, 0.15) is 31.1 Å². The molecule has 23 heavy (non-hydrogen) atoms. The summed E-state index contributed by atoms with van der Waals surface area (Å²) in [6, 6.07) is 4.94. The van der Waals surface area contributed by atoms with Gasteiger partial charge in [0, 0.05) is 5.69 Å². The fourth-order valence-corrected chi connectivity index (χ4v) is 1.75. The lowest BCUT2D eigenvalue weighted by Crippen LogP contribution is -2.40. The van der Waals surface area contributed by atoms with E-state index >= 15 is 0 Å². The van der Waals surface area contributed by atoms with E-state index in [4.69, 9.17) is 14.2 Å². The Bertz CT molecular complexity index is 522. The van der Waals surface area contributed by atoms with E-state index in [9.17, 15) is 14.4 Å². The topological polar surface area (TPSA) is 90.9 Å². The molecule has 0 unspecified atom stereocenters. The van der Waals surface area contributed by atoms with Crippen LogP contribution in [-0.2, 0) is 23.8 Å². The standard InChI is InChI=1S/C16H21NO6/c1-4-21-14(18)11-7-9-12(10-8-11)17-13(15(19)22-5-2)16(20)23-6-3/h7-10,13,17H,4-6H2,1-3H3. The van der Waals surface area contributed by atoms with E-state index in [1.54, 1.807) is 32.9 Å². The second kappa shape index (κ2) is 9.45. The molecule has 0 atom stereocenters. The predicted octanol–water partition coefficient (Wildman–Crippen LogP) is 1.77. The molecule has 0 saturated heterocycles. The lowest BCUT2D eigenvalue weighted by molar-refractivity contribution is -0.155. The fourth-order valence-electron chi connectivity index (χ4n) is 1.75. The van der Waals surface area contributed by atoms with Gasteiger partial charge in [-0.3, -0.25) is 0 Å². The lowest BCUT2D eigenvalue weighted by Gasteiger charge is -2.17. The van der Waals surface area contributed by atoms with Gasteiger partial charge >= 0.3 is 17.9 Å². The molecular weight excluding hydrogens is 302 g/mol. The van der Waals surface area contributed by atoms with Crippen LogP contribution >= 0.6 is 0 Å². The number of rotatable bonds is 8. The van der Waals surface area contributed by atoms with Gasteiger partial charge in [-0.15, -0.1) is 0 Å². The van der Waals surface area contributed by atoms with Gasteiger partial charge in [-0.1, -0.05) is 0 Å². The van der Waals surface area contributed by atoms with Crippen molar-refractivity contribution in [3.63, 3.8) is 0 Å². The number of ether oxygens (including phenoxy) is 3. The third-order valence-electron chi connectivity index (χ3n) is 2.75. The number of benzene rings is 1. The van der Waals surface area contributed by atoms with Crippen molar-refractivity contribution in [3.05, 3.63) is 29.8 Å². The van der Waals surface area contributed by atoms with E-state index in [2.05, 4.69) is 5.32 Å². The maximum absolute atomic E-state index is 11.9. The van der Waals surface area contributed by atoms with Crippen molar-refractivity contribution in [2.45, 2.75) is 26.8 Å². The van der Waals surface area contributed by atoms with Crippen molar-refractivity contribution in [1.82, 2.24) is 0 Å². The van der Waals surface area contributed by atoms with Gasteiger partial charge in [0.2, 0.25) is 6.04 Å². The van der Waals surface area contributed by atoms with Gasteiger partial charge in [-0.25, -0.2) is 14.4 Å². The molecule has 7 heteroatoms. The number of esters is 3. The van der Waals surface area contributed by atoms with Gasteiger partial charge in [-0.05, 0) is 45.0 Å². The maximum atomic E-state index is 11.9. The molecule has 0 aliphatic heterocycles. The molecule has 1 aromatic rings. The van der Waals surface area contributed by atoms with Gasteiger partial charge in [0.1, 0.15) is 0 Å². The van der Waals surface area contributed by atoms with Crippen LogP contribution in [0.3, 0.4) is 0 Å². The van der Waals surface area contributed by atoms with Gasteiger partial charge in [0.25, 0.3) is 0 Å². The first-order chi connectivity index (χ1) is 11.0. The molecule has 0 heterocycles. The zero-order valence-corrected chi connectivity index (χ0v) is 13.5. The van der Waals surface area contributed by atoms with Gasteiger partial charge in [0.05, 0.1) is 25.4 Å². The molecular formula is C16H21NO6. The number of hydrogen-bond acceptors (Lipinski definition) is 7. The molecule has 0 aromatic heterocycles. The average Bonchev–Trinajstić information content (AvgIpc) is 2.53. The monoisotopic (exact) mass is 323 g/mol. The molecule has 7 nitrogen and oxygen atoms in total. The van der Waals surface area contributed by atoms with Crippen LogP contribution in [0.2, 0.25) is 0 Å². The fraction of sp³-hybridized carbons (Fsp3) is 0.438. The van der Waals surface area contributed by atoms with Crippen LogP contribution in [0, 0.1) is 0 Å². The Hall–Kier alpha value is -2.57. The normalized spacial score (nSPS) is 10.1. The molecule has 0 aliphatic rings. The highest BCUT2D eigenvalue weighted by Crippen LogP contribution is 2.13. The van der Waals surface area contributed by atoms with Crippen LogP contribution < -0.4 is 5.32 Å². The predicted molar refractivity (Wildman–Crippen MR) is 83.1 cm³/mol. The van der Waals surface area contributed by atoms with Crippen molar-refractivity contribution in [2.75, 3.05) is 25.1 Å². The van der Waals surface area contributed by atoms with Crippen LogP contribution in [0.5, 0.6) is 0 Å². The highest BCUT2D eigenvalue weighted by Gasteiger charge is 2.29. The van der Waals surface area contributed by atoms with Crippen molar-refractivity contribution >= 4 is 23.6 Å². The first-order valence-electron chi connectivity index (χ1n) is 7.40. The Labute approximate surface area is 134 Å². The molecule has 0 fully saturated rings. The Kier molecular flexibility index (Phi) is 7.59. The summed E-state index contributed by atoms with van der Waals surface area (Å²) in [5.74, 6) is -1.88. The van der Waals surface area contributed by atoms with Gasteiger partial charge in [-0.2, -0.15) is 0 Å². The molecule has 0 bridgehead atoms. The molecule has 1 aromatic carbocycles. The van der Waals surface area contributed by atoms with E-state index in [1.165, 1.54) is 12.1 Å². The number of carbonyl (C=O) groups is 3.